The molecule has 20 heavy (non-hydrogen) atoms. The lowest BCUT2D eigenvalue weighted by Gasteiger charge is -2.09. The van der Waals surface area contributed by atoms with Crippen LogP contribution in [0.1, 0.15) is 18.0 Å². The summed E-state index contributed by atoms with van der Waals surface area (Å²) >= 11 is 1.60. The van der Waals surface area contributed by atoms with Gasteiger partial charge in [0.2, 0.25) is 0 Å². The van der Waals surface area contributed by atoms with Gasteiger partial charge in [-0.15, -0.1) is 11.3 Å². The van der Waals surface area contributed by atoms with E-state index in [1.807, 2.05) is 6.07 Å². The van der Waals surface area contributed by atoms with E-state index in [-0.39, 0.29) is 5.75 Å². The summed E-state index contributed by atoms with van der Waals surface area (Å²) in [5.41, 5.74) is 2.00. The normalized spacial score (nSPS) is 17.4. The minimum atomic E-state index is 0.141. The maximum absolute atomic E-state index is 9.84. The second kappa shape index (κ2) is 5.51. The molecule has 0 saturated carbocycles. The summed E-state index contributed by atoms with van der Waals surface area (Å²) in [5, 5.41) is 12.8. The highest BCUT2D eigenvalue weighted by atomic mass is 32.1. The zero-order valence-corrected chi connectivity index (χ0v) is 11.9. The molecule has 0 saturated heterocycles. The molecule has 1 aliphatic rings. The van der Waals surface area contributed by atoms with Crippen molar-refractivity contribution in [1.82, 2.24) is 4.98 Å². The third-order valence-electron chi connectivity index (χ3n) is 3.31. The Morgan fingerprint density at radius 3 is 2.95 bits per heavy atom. The maximum Gasteiger partial charge on any atom is 0.160 e. The van der Waals surface area contributed by atoms with Gasteiger partial charge < -0.3 is 9.84 Å². The van der Waals surface area contributed by atoms with E-state index < -0.39 is 0 Å². The third kappa shape index (κ3) is 2.47. The van der Waals surface area contributed by atoms with E-state index in [2.05, 4.69) is 34.7 Å². The van der Waals surface area contributed by atoms with E-state index in [1.54, 1.807) is 30.6 Å². The van der Waals surface area contributed by atoms with Gasteiger partial charge in [-0.25, -0.2) is 4.98 Å². The van der Waals surface area contributed by atoms with Crippen molar-refractivity contribution in [3.05, 3.63) is 53.6 Å². The van der Waals surface area contributed by atoms with Gasteiger partial charge in [0.1, 0.15) is 5.01 Å². The minimum absolute atomic E-state index is 0.141. The minimum Gasteiger partial charge on any atom is -0.504 e. The van der Waals surface area contributed by atoms with Gasteiger partial charge in [-0.05, 0) is 24.6 Å². The summed E-state index contributed by atoms with van der Waals surface area (Å²) in [6, 6.07) is 5.37. The quantitative estimate of drug-likeness (QED) is 0.922. The van der Waals surface area contributed by atoms with Crippen LogP contribution in [-0.4, -0.2) is 17.2 Å². The number of phenolic OH excluding ortho intramolecular Hbond substituents is 1. The Bertz CT molecular complexity index is 673. The number of allylic oxidation sites excluding steroid dienone is 4. The van der Waals surface area contributed by atoms with Gasteiger partial charge in [0, 0.05) is 16.9 Å². The molecule has 0 amide bonds. The van der Waals surface area contributed by atoms with Gasteiger partial charge in [0.25, 0.3) is 0 Å². The summed E-state index contributed by atoms with van der Waals surface area (Å²) in [5.74, 6) is 0.977. The van der Waals surface area contributed by atoms with Crippen LogP contribution in [0.5, 0.6) is 11.5 Å². The summed E-state index contributed by atoms with van der Waals surface area (Å²) in [6.45, 7) is 0. The van der Waals surface area contributed by atoms with Crippen molar-refractivity contribution in [2.45, 2.75) is 12.3 Å². The van der Waals surface area contributed by atoms with Gasteiger partial charge in [0.05, 0.1) is 12.8 Å². The average molecular weight is 285 g/mol. The molecule has 1 atom stereocenters. The fourth-order valence-electron chi connectivity index (χ4n) is 2.21. The van der Waals surface area contributed by atoms with Crippen LogP contribution in [0.15, 0.2) is 47.9 Å². The number of aromatic nitrogens is 1. The molecule has 1 unspecified atom stereocenters. The molecule has 1 N–H and O–H groups in total. The zero-order chi connectivity index (χ0) is 13.9. The SMILES string of the molecule is COc1ccc(-c2nc(C3C=CC=CC3)cs2)cc1O. The lowest BCUT2D eigenvalue weighted by molar-refractivity contribution is 0.373. The van der Waals surface area contributed by atoms with Crippen molar-refractivity contribution >= 4 is 11.3 Å². The van der Waals surface area contributed by atoms with Crippen molar-refractivity contribution in [3.8, 4) is 22.1 Å². The zero-order valence-electron chi connectivity index (χ0n) is 11.1. The van der Waals surface area contributed by atoms with E-state index in [4.69, 9.17) is 4.74 Å². The Morgan fingerprint density at radius 1 is 1.35 bits per heavy atom. The summed E-state index contributed by atoms with van der Waals surface area (Å²) in [7, 11) is 1.54. The average Bonchev–Trinajstić information content (AvgIpc) is 2.98. The molecule has 0 radical (unpaired) electrons. The summed E-state index contributed by atoms with van der Waals surface area (Å²) in [4.78, 5) is 4.68. The fraction of sp³-hybridized carbons (Fsp3) is 0.188. The molecule has 3 rings (SSSR count). The number of phenols is 1. The van der Waals surface area contributed by atoms with Crippen LogP contribution in [0.25, 0.3) is 10.6 Å². The molecule has 0 spiro atoms. The van der Waals surface area contributed by atoms with E-state index in [1.165, 1.54) is 0 Å². The van der Waals surface area contributed by atoms with Crippen molar-refractivity contribution in [3.63, 3.8) is 0 Å². The van der Waals surface area contributed by atoms with E-state index in [9.17, 15) is 5.11 Å². The highest BCUT2D eigenvalue weighted by Gasteiger charge is 2.14. The van der Waals surface area contributed by atoms with Crippen LogP contribution in [0.4, 0.5) is 0 Å². The van der Waals surface area contributed by atoms with Gasteiger partial charge in [-0.1, -0.05) is 24.3 Å². The number of thiazole rings is 1. The van der Waals surface area contributed by atoms with Gasteiger partial charge in [-0.2, -0.15) is 0 Å². The molecule has 4 heteroatoms. The van der Waals surface area contributed by atoms with Crippen LogP contribution in [0.2, 0.25) is 0 Å². The maximum atomic E-state index is 9.84. The van der Waals surface area contributed by atoms with E-state index in [0.717, 1.165) is 22.7 Å². The van der Waals surface area contributed by atoms with E-state index in [0.29, 0.717) is 11.7 Å². The second-order valence-electron chi connectivity index (χ2n) is 4.62. The van der Waals surface area contributed by atoms with Gasteiger partial charge in [0.15, 0.2) is 11.5 Å². The van der Waals surface area contributed by atoms with Crippen molar-refractivity contribution < 1.29 is 9.84 Å². The number of hydrogen-bond donors (Lipinski definition) is 1. The molecule has 3 nitrogen and oxygen atoms in total. The molecule has 1 aromatic carbocycles. The molecule has 102 valence electrons. The smallest absolute Gasteiger partial charge is 0.160 e. The number of methoxy groups -OCH3 is 1. The lowest BCUT2D eigenvalue weighted by atomic mass is 9.98. The highest BCUT2D eigenvalue weighted by molar-refractivity contribution is 7.13. The number of aromatic hydroxyl groups is 1. The molecule has 1 aromatic heterocycles. The Morgan fingerprint density at radius 2 is 2.25 bits per heavy atom. The van der Waals surface area contributed by atoms with Crippen LogP contribution in [-0.2, 0) is 0 Å². The lowest BCUT2D eigenvalue weighted by Crippen LogP contribution is -1.96. The first-order valence-electron chi connectivity index (χ1n) is 6.44. The summed E-state index contributed by atoms with van der Waals surface area (Å²) < 4.78 is 5.05. The van der Waals surface area contributed by atoms with Gasteiger partial charge in [-0.3, -0.25) is 0 Å². The molecular formula is C16H15NO2S. The Kier molecular flexibility index (Phi) is 3.56. The first-order valence-corrected chi connectivity index (χ1v) is 7.32. The topological polar surface area (TPSA) is 42.4 Å². The molecule has 1 heterocycles. The number of hydrogen-bond acceptors (Lipinski definition) is 4. The monoisotopic (exact) mass is 285 g/mol. The standard InChI is InChI=1S/C16H15NO2S/c1-19-15-8-7-12(9-14(15)18)16-17-13(10-20-16)11-5-3-2-4-6-11/h2-5,7-11,18H,6H2,1H3. The first-order chi connectivity index (χ1) is 9.78. The van der Waals surface area contributed by atoms with Crippen LogP contribution < -0.4 is 4.74 Å². The highest BCUT2D eigenvalue weighted by Crippen LogP contribution is 2.34. The molecule has 0 aliphatic heterocycles. The summed E-state index contributed by atoms with van der Waals surface area (Å²) in [6.07, 6.45) is 9.44. The van der Waals surface area contributed by atoms with Crippen LogP contribution in [0.3, 0.4) is 0 Å². The number of benzene rings is 1. The number of rotatable bonds is 3. The molecule has 0 bridgehead atoms. The number of ether oxygens (including phenoxy) is 1. The Balaban J connectivity index is 1.88. The molecule has 1 aliphatic carbocycles. The van der Waals surface area contributed by atoms with E-state index >= 15 is 0 Å². The first kappa shape index (κ1) is 12.9. The van der Waals surface area contributed by atoms with Crippen LogP contribution >= 0.6 is 11.3 Å². The molecule has 0 fully saturated rings. The van der Waals surface area contributed by atoms with Crippen molar-refractivity contribution in [2.75, 3.05) is 7.11 Å². The molecule has 2 aromatic rings. The third-order valence-corrected chi connectivity index (χ3v) is 4.22. The van der Waals surface area contributed by atoms with Crippen LogP contribution in [0, 0.1) is 0 Å². The predicted molar refractivity (Wildman–Crippen MR) is 81.4 cm³/mol. The fourth-order valence-corrected chi connectivity index (χ4v) is 3.09. The Labute approximate surface area is 121 Å². The Hall–Kier alpha value is -2.07. The number of nitrogens with zero attached hydrogens (tertiary/aromatic N) is 1. The van der Waals surface area contributed by atoms with Crippen molar-refractivity contribution in [1.29, 1.82) is 0 Å². The van der Waals surface area contributed by atoms with Gasteiger partial charge >= 0.3 is 0 Å². The van der Waals surface area contributed by atoms with Crippen molar-refractivity contribution in [2.24, 2.45) is 0 Å². The molecular weight excluding hydrogens is 270 g/mol. The predicted octanol–water partition coefficient (Wildman–Crippen LogP) is 4.12. The largest absolute Gasteiger partial charge is 0.504 e. The second-order valence-corrected chi connectivity index (χ2v) is 5.48.